The number of hydrogen-bond donors (Lipinski definition) is 2. The normalized spacial score (nSPS) is 11.9. The number of aliphatic hydroxyl groups excluding tert-OH is 1. The summed E-state index contributed by atoms with van der Waals surface area (Å²) in [6.07, 6.45) is 8.31. The second-order valence-electron chi connectivity index (χ2n) is 5.18. The molecule has 7 heteroatoms. The zero-order valence-corrected chi connectivity index (χ0v) is 14.5. The summed E-state index contributed by atoms with van der Waals surface area (Å²) >= 11 is 0. The summed E-state index contributed by atoms with van der Waals surface area (Å²) in [6, 6.07) is 0. The van der Waals surface area contributed by atoms with Crippen LogP contribution in [0.1, 0.15) is 45.4 Å². The van der Waals surface area contributed by atoms with Gasteiger partial charge in [-0.3, -0.25) is 9.79 Å². The van der Waals surface area contributed by atoms with Crippen LogP contribution in [0.15, 0.2) is 17.1 Å². The molecular formula is C16H29LiN2O4. The third-order valence-electron chi connectivity index (χ3n) is 3.19. The fraction of sp³-hybridized carbons (Fsp3) is 0.750. The minimum Gasteiger partial charge on any atom is -0.859 e. The predicted octanol–water partition coefficient (Wildman–Crippen LogP) is -1.96. The van der Waals surface area contributed by atoms with Crippen LogP contribution in [0, 0.1) is 0 Å². The monoisotopic (exact) mass is 320 g/mol. The number of rotatable bonds is 14. The van der Waals surface area contributed by atoms with Crippen molar-refractivity contribution in [3.8, 4) is 0 Å². The van der Waals surface area contributed by atoms with E-state index in [1.54, 1.807) is 0 Å². The molecule has 0 aliphatic carbocycles. The number of unbranched alkanes of at least 4 members (excludes halogenated alkanes) is 3. The van der Waals surface area contributed by atoms with Crippen LogP contribution < -0.4 is 24.0 Å². The maximum atomic E-state index is 11.5. The van der Waals surface area contributed by atoms with Crippen LogP contribution in [0.25, 0.3) is 0 Å². The van der Waals surface area contributed by atoms with Gasteiger partial charge < -0.3 is 20.2 Å². The van der Waals surface area contributed by atoms with Gasteiger partial charge in [0.15, 0.2) is 0 Å². The maximum Gasteiger partial charge on any atom is 1.00 e. The van der Waals surface area contributed by atoms with Gasteiger partial charge in [-0.25, -0.2) is 0 Å². The quantitative estimate of drug-likeness (QED) is 0.168. The van der Waals surface area contributed by atoms with Gasteiger partial charge in [0.05, 0.1) is 13.0 Å². The molecule has 0 aliphatic rings. The molecule has 23 heavy (non-hydrogen) atoms. The number of aliphatic imine (C=N–C) groups is 1. The maximum absolute atomic E-state index is 11.5. The summed E-state index contributed by atoms with van der Waals surface area (Å²) in [5.74, 6) is -1.09. The first-order valence-corrected chi connectivity index (χ1v) is 8.03. The van der Waals surface area contributed by atoms with Crippen molar-refractivity contribution < 1.29 is 39.0 Å². The van der Waals surface area contributed by atoms with Crippen molar-refractivity contribution in [3.05, 3.63) is 12.2 Å². The number of allylic oxidation sites excluding steroid dienone is 1. The molecule has 0 aromatic rings. The minimum absolute atomic E-state index is 0. The Kier molecular flexibility index (Phi) is 18.7. The van der Waals surface area contributed by atoms with E-state index in [1.165, 1.54) is 12.5 Å². The van der Waals surface area contributed by atoms with Crippen molar-refractivity contribution in [1.82, 2.24) is 4.90 Å². The summed E-state index contributed by atoms with van der Waals surface area (Å²) in [5, 5.41) is 29.1. The number of hydrogen-bond acceptors (Lipinski definition) is 5. The topological polar surface area (TPSA) is 96.2 Å². The second-order valence-corrected chi connectivity index (χ2v) is 5.18. The predicted molar refractivity (Wildman–Crippen MR) is 86.0 cm³/mol. The molecule has 0 rings (SSSR count). The molecule has 2 N–H and O–H groups in total. The fourth-order valence-electron chi connectivity index (χ4n) is 1.93. The van der Waals surface area contributed by atoms with E-state index < -0.39 is 5.97 Å². The Balaban J connectivity index is 0. The molecule has 0 aromatic carbocycles. The Bertz CT molecular complexity index is 349. The van der Waals surface area contributed by atoms with Gasteiger partial charge in [-0.1, -0.05) is 31.9 Å². The van der Waals surface area contributed by atoms with Crippen molar-refractivity contribution in [1.29, 1.82) is 0 Å². The number of carboxylic acid groups (broad SMARTS) is 1. The van der Waals surface area contributed by atoms with Crippen LogP contribution in [0.2, 0.25) is 0 Å². The van der Waals surface area contributed by atoms with Gasteiger partial charge in [0.25, 0.3) is 0 Å². The zero-order chi connectivity index (χ0) is 16.6. The summed E-state index contributed by atoms with van der Waals surface area (Å²) in [5.41, 5.74) is 0. The minimum atomic E-state index is -0.850. The number of carboxylic acids is 1. The summed E-state index contributed by atoms with van der Waals surface area (Å²) in [6.45, 7) is 4.11. The molecule has 6 nitrogen and oxygen atoms in total. The molecule has 0 amide bonds. The van der Waals surface area contributed by atoms with E-state index in [2.05, 4.69) is 11.9 Å². The van der Waals surface area contributed by atoms with Crippen molar-refractivity contribution in [3.63, 3.8) is 0 Å². The Morgan fingerprint density at radius 1 is 1.22 bits per heavy atom. The van der Waals surface area contributed by atoms with Crippen molar-refractivity contribution in [2.75, 3.05) is 32.8 Å². The molecule has 0 bridgehead atoms. The van der Waals surface area contributed by atoms with Gasteiger partial charge in [-0.05, 0) is 25.2 Å². The Morgan fingerprint density at radius 2 is 1.96 bits per heavy atom. The van der Waals surface area contributed by atoms with Crippen molar-refractivity contribution in [2.24, 2.45) is 4.99 Å². The van der Waals surface area contributed by atoms with Gasteiger partial charge in [0.2, 0.25) is 0 Å². The van der Waals surface area contributed by atoms with Crippen LogP contribution in [0.4, 0.5) is 0 Å². The first-order chi connectivity index (χ1) is 10.6. The molecule has 0 unspecified atom stereocenters. The van der Waals surface area contributed by atoms with Crippen LogP contribution >= 0.6 is 0 Å². The molecule has 0 radical (unpaired) electrons. The average molecular weight is 320 g/mol. The molecule has 0 atom stereocenters. The molecule has 0 saturated carbocycles. The van der Waals surface area contributed by atoms with E-state index in [-0.39, 0.29) is 37.8 Å². The molecule has 0 heterocycles. The SMILES string of the molecule is CCCCC/C=C/C([O-])=NCCN(CCCO)CCC(=O)O.[Li+]. The van der Waals surface area contributed by atoms with Gasteiger partial charge in [-0.15, -0.1) is 0 Å². The van der Waals surface area contributed by atoms with E-state index in [0.717, 1.165) is 19.3 Å². The standard InChI is InChI=1S/C16H30N2O4.Li/c1-2-3-4-5-6-8-15(20)17-10-13-18(11-7-14-19)12-9-16(21)22;/h6,8,19H,2-5,7,9-14H2,1H3,(H,17,20)(H,21,22);/q;+1/p-1/b8-6+;. The van der Waals surface area contributed by atoms with Crippen LogP contribution in [-0.4, -0.2) is 59.8 Å². The fourth-order valence-corrected chi connectivity index (χ4v) is 1.93. The zero-order valence-electron chi connectivity index (χ0n) is 14.5. The molecule has 0 aliphatic heterocycles. The summed E-state index contributed by atoms with van der Waals surface area (Å²) in [7, 11) is 0. The van der Waals surface area contributed by atoms with Gasteiger partial charge in [0, 0.05) is 26.2 Å². The first-order valence-electron chi connectivity index (χ1n) is 8.03. The van der Waals surface area contributed by atoms with Crippen LogP contribution in [0.3, 0.4) is 0 Å². The third kappa shape index (κ3) is 17.4. The molecule has 0 spiro atoms. The number of nitrogens with zero attached hydrogens (tertiary/aromatic N) is 2. The van der Waals surface area contributed by atoms with E-state index in [4.69, 9.17) is 10.2 Å². The second kappa shape index (κ2) is 17.5. The third-order valence-corrected chi connectivity index (χ3v) is 3.19. The summed E-state index contributed by atoms with van der Waals surface area (Å²) in [4.78, 5) is 16.4. The number of carbonyl (C=O) groups is 1. The molecule has 0 fully saturated rings. The Labute approximate surface area is 151 Å². The van der Waals surface area contributed by atoms with Gasteiger partial charge >= 0.3 is 24.8 Å². The van der Waals surface area contributed by atoms with Crippen molar-refractivity contribution in [2.45, 2.75) is 45.4 Å². The van der Waals surface area contributed by atoms with Crippen molar-refractivity contribution >= 4 is 11.9 Å². The molecule has 128 valence electrons. The van der Waals surface area contributed by atoms with Gasteiger partial charge in [-0.2, -0.15) is 0 Å². The van der Waals surface area contributed by atoms with E-state index >= 15 is 0 Å². The number of aliphatic carboxylic acids is 1. The van der Waals surface area contributed by atoms with Gasteiger partial charge in [0.1, 0.15) is 0 Å². The van der Waals surface area contributed by atoms with Crippen LogP contribution in [-0.2, 0) is 4.79 Å². The Morgan fingerprint density at radius 3 is 2.57 bits per heavy atom. The average Bonchev–Trinajstić information content (AvgIpc) is 2.49. The van der Waals surface area contributed by atoms with E-state index in [1.807, 2.05) is 11.0 Å². The van der Waals surface area contributed by atoms with E-state index in [0.29, 0.717) is 32.6 Å². The van der Waals surface area contributed by atoms with E-state index in [9.17, 15) is 9.90 Å². The number of aliphatic hydroxyl groups is 1. The molecule has 0 saturated heterocycles. The smallest absolute Gasteiger partial charge is 0.859 e. The summed E-state index contributed by atoms with van der Waals surface area (Å²) < 4.78 is 0. The molecule has 0 aromatic heterocycles. The van der Waals surface area contributed by atoms with Crippen LogP contribution in [0.5, 0.6) is 0 Å². The Hall–Kier alpha value is -0.803. The first kappa shape index (κ1) is 24.4. The molecular weight excluding hydrogens is 291 g/mol. The largest absolute Gasteiger partial charge is 1.00 e.